The molecule has 1 spiro atoms. The summed E-state index contributed by atoms with van der Waals surface area (Å²) < 4.78 is 6.14. The van der Waals surface area contributed by atoms with Crippen LogP contribution in [0.15, 0.2) is 23.5 Å². The van der Waals surface area contributed by atoms with Crippen molar-refractivity contribution in [3.05, 3.63) is 34.6 Å². The Morgan fingerprint density at radius 3 is 2.70 bits per heavy atom. The van der Waals surface area contributed by atoms with Crippen molar-refractivity contribution in [1.82, 2.24) is 10.2 Å². The van der Waals surface area contributed by atoms with Gasteiger partial charge < -0.3 is 35.6 Å². The highest BCUT2D eigenvalue weighted by Gasteiger charge is 2.73. The average molecular weight is 459 g/mol. The number of phenolic OH excluding ortho intramolecular Hbond substituents is 1. The monoisotopic (exact) mass is 458 g/mol. The van der Waals surface area contributed by atoms with Crippen LogP contribution in [0.4, 0.5) is 0 Å². The van der Waals surface area contributed by atoms with Crippen LogP contribution in [0, 0.1) is 5.92 Å². The van der Waals surface area contributed by atoms with Gasteiger partial charge in [-0.05, 0) is 49.8 Å². The molecule has 9 heteroatoms. The average Bonchev–Trinajstić information content (AvgIpc) is 3.54. The van der Waals surface area contributed by atoms with Gasteiger partial charge >= 0.3 is 0 Å². The van der Waals surface area contributed by atoms with Gasteiger partial charge in [0.25, 0.3) is 5.91 Å². The van der Waals surface area contributed by atoms with Crippen molar-refractivity contribution < 1.29 is 35.1 Å². The summed E-state index contributed by atoms with van der Waals surface area (Å²) in [5.41, 5.74) is -0.586. The van der Waals surface area contributed by atoms with Crippen molar-refractivity contribution in [2.24, 2.45) is 5.92 Å². The molecule has 2 bridgehead atoms. The summed E-state index contributed by atoms with van der Waals surface area (Å²) in [7, 11) is 0. The van der Waals surface area contributed by atoms with Gasteiger partial charge in [0.15, 0.2) is 17.6 Å². The second kappa shape index (κ2) is 7.09. The van der Waals surface area contributed by atoms with E-state index >= 15 is 0 Å². The minimum Gasteiger partial charge on any atom is -0.508 e. The number of ether oxygens (including phenoxy) is 1. The number of aromatic hydroxyl groups is 1. The van der Waals surface area contributed by atoms with E-state index in [4.69, 9.17) is 4.74 Å². The van der Waals surface area contributed by atoms with Crippen LogP contribution >= 0.6 is 0 Å². The minimum atomic E-state index is -1.39. The largest absolute Gasteiger partial charge is 0.508 e. The molecule has 1 aromatic rings. The van der Waals surface area contributed by atoms with Crippen LogP contribution in [0.3, 0.4) is 0 Å². The number of piperidine rings is 1. The van der Waals surface area contributed by atoms with Gasteiger partial charge in [0.2, 0.25) is 0 Å². The van der Waals surface area contributed by atoms with Gasteiger partial charge in [0.1, 0.15) is 5.76 Å². The third kappa shape index (κ3) is 2.70. The highest BCUT2D eigenvalue weighted by Crippen LogP contribution is 2.66. The second-order valence-corrected chi connectivity index (χ2v) is 10.3. The third-order valence-corrected chi connectivity index (χ3v) is 8.57. The van der Waals surface area contributed by atoms with E-state index in [9.17, 15) is 30.3 Å². The molecular weight excluding hydrogens is 428 g/mol. The van der Waals surface area contributed by atoms with Crippen LogP contribution in [-0.2, 0) is 16.6 Å². The predicted molar refractivity (Wildman–Crippen MR) is 116 cm³/mol. The molecule has 6 N–H and O–H groups in total. The Kier molecular flexibility index (Phi) is 4.56. The zero-order valence-corrected chi connectivity index (χ0v) is 18.3. The van der Waals surface area contributed by atoms with E-state index in [1.165, 1.54) is 12.8 Å². The molecule has 0 aromatic heterocycles. The number of aliphatic hydroxyl groups excluding tert-OH is 3. The molecule has 3 aliphatic carbocycles. The zero-order chi connectivity index (χ0) is 23.1. The van der Waals surface area contributed by atoms with Crippen LogP contribution < -0.4 is 10.1 Å². The number of aliphatic hydroxyl groups is 4. The fourth-order valence-electron chi connectivity index (χ4n) is 6.79. The third-order valence-electron chi connectivity index (χ3n) is 8.57. The minimum absolute atomic E-state index is 0.000886. The smallest absolute Gasteiger partial charge is 0.251 e. The molecule has 5 aliphatic rings. The quantitative estimate of drug-likeness (QED) is 0.346. The molecule has 178 valence electrons. The van der Waals surface area contributed by atoms with Crippen molar-refractivity contribution in [2.45, 2.75) is 61.3 Å². The number of benzene rings is 1. The predicted octanol–water partition coefficient (Wildman–Crippen LogP) is -0.152. The highest BCUT2D eigenvalue weighted by molar-refractivity contribution is 5.95. The van der Waals surface area contributed by atoms with Crippen molar-refractivity contribution in [3.63, 3.8) is 0 Å². The molecule has 2 aliphatic heterocycles. The van der Waals surface area contributed by atoms with E-state index in [1.807, 2.05) is 6.07 Å². The molecular formula is C24H30N2O7. The molecule has 1 saturated heterocycles. The van der Waals surface area contributed by atoms with Crippen molar-refractivity contribution >= 4 is 5.91 Å². The van der Waals surface area contributed by atoms with Crippen LogP contribution in [0.5, 0.6) is 11.5 Å². The van der Waals surface area contributed by atoms with Gasteiger partial charge in [-0.1, -0.05) is 6.07 Å². The zero-order valence-electron chi connectivity index (χ0n) is 18.3. The first-order chi connectivity index (χ1) is 15.8. The molecule has 9 nitrogen and oxygen atoms in total. The highest BCUT2D eigenvalue weighted by atomic mass is 16.5. The summed E-state index contributed by atoms with van der Waals surface area (Å²) in [5.74, 6) is -0.0462. The Hall–Kier alpha value is -2.33. The van der Waals surface area contributed by atoms with Gasteiger partial charge in [-0.2, -0.15) is 0 Å². The van der Waals surface area contributed by atoms with Gasteiger partial charge in [-0.25, -0.2) is 0 Å². The van der Waals surface area contributed by atoms with Crippen molar-refractivity contribution in [2.75, 3.05) is 26.3 Å². The first-order valence-corrected chi connectivity index (χ1v) is 11.8. The summed E-state index contributed by atoms with van der Waals surface area (Å²) in [4.78, 5) is 15.4. The molecule has 1 aromatic carbocycles. The fourth-order valence-corrected chi connectivity index (χ4v) is 6.79. The Balaban J connectivity index is 1.49. The van der Waals surface area contributed by atoms with Crippen LogP contribution in [0.25, 0.3) is 0 Å². The molecule has 2 fully saturated rings. The summed E-state index contributed by atoms with van der Waals surface area (Å²) in [6, 6.07) is 2.33. The fraction of sp³-hybridized carbons (Fsp3) is 0.625. The number of carbonyl (C=O) groups is 1. The first-order valence-electron chi connectivity index (χ1n) is 11.8. The number of rotatable bonds is 6. The van der Waals surface area contributed by atoms with Gasteiger partial charge in [-0.15, -0.1) is 0 Å². The molecule has 1 saturated carbocycles. The number of hydrogen-bond donors (Lipinski definition) is 6. The van der Waals surface area contributed by atoms with E-state index in [-0.39, 0.29) is 35.3 Å². The molecule has 33 heavy (non-hydrogen) atoms. The molecule has 6 rings (SSSR count). The van der Waals surface area contributed by atoms with Gasteiger partial charge in [0.05, 0.1) is 35.8 Å². The van der Waals surface area contributed by atoms with Gasteiger partial charge in [0, 0.05) is 24.6 Å². The first kappa shape index (κ1) is 21.2. The Labute approximate surface area is 191 Å². The Bertz CT molecular complexity index is 1050. The number of phenols is 1. The molecule has 4 atom stereocenters. The lowest BCUT2D eigenvalue weighted by atomic mass is 9.49. The maximum absolute atomic E-state index is 13.1. The number of nitrogens with one attached hydrogen (secondary N) is 1. The van der Waals surface area contributed by atoms with E-state index in [0.717, 1.165) is 24.2 Å². The number of likely N-dealkylation sites (tertiary alicyclic amines) is 1. The molecule has 1 amide bonds. The standard InChI is InChI=1S/C24H30N2O7/c27-10-14(11-28)25-22(31)15-8-24(32)17-7-13-3-4-16(29)20-18(13)23(24,21(33-20)19(15)30)5-6-26(17)9-12-1-2-12/h3-4,12,14,17,21,27-30,32H,1-2,5-11H2,(H,25,31)/t17-,21+,23+,24-/m1/s1. The van der Waals surface area contributed by atoms with Crippen molar-refractivity contribution in [3.8, 4) is 11.5 Å². The van der Waals surface area contributed by atoms with Crippen LogP contribution in [0.1, 0.15) is 36.8 Å². The van der Waals surface area contributed by atoms with Gasteiger partial charge in [-0.3, -0.25) is 9.69 Å². The van der Waals surface area contributed by atoms with E-state index in [0.29, 0.717) is 18.8 Å². The number of amides is 1. The summed E-state index contributed by atoms with van der Waals surface area (Å²) in [6.07, 6.45) is 2.40. The number of nitrogens with zero attached hydrogens (tertiary/aromatic N) is 1. The topological polar surface area (TPSA) is 143 Å². The maximum atomic E-state index is 13.1. The number of carbonyl (C=O) groups excluding carboxylic acids is 1. The maximum Gasteiger partial charge on any atom is 0.251 e. The lowest BCUT2D eigenvalue weighted by molar-refractivity contribution is -0.172. The summed E-state index contributed by atoms with van der Waals surface area (Å²) in [5, 5.41) is 55.6. The summed E-state index contributed by atoms with van der Waals surface area (Å²) in [6.45, 7) is 0.725. The van der Waals surface area contributed by atoms with Crippen LogP contribution in [0.2, 0.25) is 0 Å². The van der Waals surface area contributed by atoms with Crippen LogP contribution in [-0.4, -0.2) is 86.4 Å². The van der Waals surface area contributed by atoms with Crippen molar-refractivity contribution in [1.29, 1.82) is 0 Å². The second-order valence-electron chi connectivity index (χ2n) is 10.3. The molecule has 0 unspecified atom stereocenters. The van der Waals surface area contributed by atoms with E-state index < -0.39 is 42.3 Å². The number of hydrogen-bond acceptors (Lipinski definition) is 8. The van der Waals surface area contributed by atoms with E-state index in [2.05, 4.69) is 10.2 Å². The lowest BCUT2D eigenvalue weighted by Crippen LogP contribution is -2.75. The SMILES string of the molecule is O=C(NC(CO)CO)C1=C(O)[C@@H]2Oc3c(O)ccc4c3[C@@]23CCN(CC2CC2)[C@H](C4)[C@]3(O)C1. The molecule has 0 radical (unpaired) electrons. The lowest BCUT2D eigenvalue weighted by Gasteiger charge is -2.62. The Morgan fingerprint density at radius 1 is 1.24 bits per heavy atom. The molecule has 2 heterocycles. The Morgan fingerprint density at radius 2 is 2.00 bits per heavy atom. The normalized spacial score (nSPS) is 34.3. The summed E-state index contributed by atoms with van der Waals surface area (Å²) >= 11 is 0. The van der Waals surface area contributed by atoms with E-state index in [1.54, 1.807) is 6.07 Å².